The van der Waals surface area contributed by atoms with Gasteiger partial charge in [0.2, 0.25) is 10.0 Å². The first-order valence-electron chi connectivity index (χ1n) is 5.72. The van der Waals surface area contributed by atoms with Crippen LogP contribution >= 0.6 is 27.3 Å². The van der Waals surface area contributed by atoms with E-state index in [-0.39, 0.29) is 10.9 Å². The van der Waals surface area contributed by atoms with E-state index < -0.39 is 10.0 Å². The van der Waals surface area contributed by atoms with Crippen LogP contribution in [0.2, 0.25) is 0 Å². The molecule has 1 atom stereocenters. The van der Waals surface area contributed by atoms with Crippen molar-refractivity contribution in [1.82, 2.24) is 4.72 Å². The Balaban J connectivity index is 2.25. The largest absolute Gasteiger partial charge is 0.241 e. The molecule has 3 nitrogen and oxygen atoms in total. The van der Waals surface area contributed by atoms with E-state index in [1.165, 1.54) is 11.3 Å². The summed E-state index contributed by atoms with van der Waals surface area (Å²) in [6.07, 6.45) is 0. The molecule has 1 aromatic carbocycles. The molecule has 19 heavy (non-hydrogen) atoms. The van der Waals surface area contributed by atoms with Crippen LogP contribution in [0.25, 0.3) is 0 Å². The molecule has 0 amide bonds. The maximum absolute atomic E-state index is 12.3. The molecular formula is C13H14BrNO2S2. The lowest BCUT2D eigenvalue weighted by atomic mass is 10.2. The molecule has 0 radical (unpaired) electrons. The molecule has 0 unspecified atom stereocenters. The molecule has 1 aromatic heterocycles. The Bertz CT molecular complexity index is 666. The third-order valence-corrected chi connectivity index (χ3v) is 6.22. The van der Waals surface area contributed by atoms with Gasteiger partial charge in [-0.25, -0.2) is 13.1 Å². The Kier molecular flexibility index (Phi) is 4.45. The van der Waals surface area contributed by atoms with Crippen molar-refractivity contribution in [3.05, 3.63) is 50.6 Å². The van der Waals surface area contributed by atoms with E-state index in [0.29, 0.717) is 0 Å². The predicted molar refractivity (Wildman–Crippen MR) is 81.9 cm³/mol. The van der Waals surface area contributed by atoms with Crippen LogP contribution in [0, 0.1) is 6.92 Å². The number of aryl methyl sites for hydroxylation is 1. The quantitative estimate of drug-likeness (QED) is 0.900. The lowest BCUT2D eigenvalue weighted by Crippen LogP contribution is -2.26. The number of halogens is 1. The summed E-state index contributed by atoms with van der Waals surface area (Å²) in [6.45, 7) is 3.71. The first-order valence-corrected chi connectivity index (χ1v) is 8.87. The number of hydrogen-bond donors (Lipinski definition) is 1. The number of rotatable bonds is 4. The lowest BCUT2D eigenvalue weighted by Gasteiger charge is -2.13. The third-order valence-electron chi connectivity index (χ3n) is 2.74. The molecule has 1 heterocycles. The number of sulfonamides is 1. The number of hydrogen-bond acceptors (Lipinski definition) is 3. The van der Waals surface area contributed by atoms with Gasteiger partial charge >= 0.3 is 0 Å². The van der Waals surface area contributed by atoms with E-state index in [1.807, 2.05) is 31.4 Å². The second-order valence-corrected chi connectivity index (χ2v) is 7.82. The van der Waals surface area contributed by atoms with Crippen molar-refractivity contribution in [3.8, 4) is 0 Å². The Hall–Kier alpha value is -0.690. The van der Waals surface area contributed by atoms with Gasteiger partial charge in [0.25, 0.3) is 0 Å². The van der Waals surface area contributed by atoms with Crippen LogP contribution in [0.4, 0.5) is 0 Å². The first kappa shape index (κ1) is 14.7. The average molecular weight is 360 g/mol. The molecule has 0 aliphatic heterocycles. The minimum Gasteiger partial charge on any atom is -0.207 e. The Labute approximate surface area is 125 Å². The summed E-state index contributed by atoms with van der Waals surface area (Å²) < 4.78 is 28.1. The first-order chi connectivity index (χ1) is 8.90. The Morgan fingerprint density at radius 1 is 1.32 bits per heavy atom. The van der Waals surface area contributed by atoms with Crippen molar-refractivity contribution in [2.75, 3.05) is 0 Å². The summed E-state index contributed by atoms with van der Waals surface area (Å²) in [7, 11) is -3.49. The number of benzene rings is 1. The molecule has 0 saturated heterocycles. The molecule has 1 N–H and O–H groups in total. The molecule has 102 valence electrons. The van der Waals surface area contributed by atoms with Gasteiger partial charge in [0.15, 0.2) is 0 Å². The maximum Gasteiger partial charge on any atom is 0.241 e. The molecule has 2 aromatic rings. The number of nitrogens with one attached hydrogen (secondary N) is 1. The molecule has 6 heteroatoms. The van der Waals surface area contributed by atoms with Crippen LogP contribution in [0.3, 0.4) is 0 Å². The second-order valence-electron chi connectivity index (χ2n) is 4.27. The minimum absolute atomic E-state index is 0.228. The van der Waals surface area contributed by atoms with E-state index in [1.54, 1.807) is 18.2 Å². The standard InChI is InChI=1S/C13H14BrNO2S2/c1-9-8-11(5-6-12(9)14)19(16,17)15-10(2)13-4-3-7-18-13/h3-8,10,15H,1-2H3/t10-/m1/s1. The molecule has 0 saturated carbocycles. The summed E-state index contributed by atoms with van der Waals surface area (Å²) in [5.74, 6) is 0. The fourth-order valence-corrected chi connectivity index (χ4v) is 4.04. The van der Waals surface area contributed by atoms with Crippen LogP contribution in [-0.2, 0) is 10.0 Å². The summed E-state index contributed by atoms with van der Waals surface area (Å²) in [4.78, 5) is 1.29. The SMILES string of the molecule is Cc1cc(S(=O)(=O)N[C@H](C)c2cccs2)ccc1Br. The molecule has 0 bridgehead atoms. The average Bonchev–Trinajstić information content (AvgIpc) is 2.85. The van der Waals surface area contributed by atoms with Gasteiger partial charge in [-0.05, 0) is 49.1 Å². The predicted octanol–water partition coefficient (Wildman–Crippen LogP) is 3.86. The van der Waals surface area contributed by atoms with Crippen molar-refractivity contribution in [2.45, 2.75) is 24.8 Å². The highest BCUT2D eigenvalue weighted by molar-refractivity contribution is 9.10. The van der Waals surface area contributed by atoms with Crippen LogP contribution < -0.4 is 4.72 Å². The molecule has 0 aliphatic carbocycles. The van der Waals surface area contributed by atoms with E-state index >= 15 is 0 Å². The summed E-state index contributed by atoms with van der Waals surface area (Å²) in [5, 5.41) is 1.93. The van der Waals surface area contributed by atoms with E-state index in [0.717, 1.165) is 14.9 Å². The molecule has 0 fully saturated rings. The molecule has 2 rings (SSSR count). The van der Waals surface area contributed by atoms with Crippen LogP contribution in [0.15, 0.2) is 45.1 Å². The summed E-state index contributed by atoms with van der Waals surface area (Å²) >= 11 is 4.90. The summed E-state index contributed by atoms with van der Waals surface area (Å²) in [6, 6.07) is 8.61. The van der Waals surface area contributed by atoms with E-state index in [9.17, 15) is 8.42 Å². The van der Waals surface area contributed by atoms with E-state index in [4.69, 9.17) is 0 Å². The van der Waals surface area contributed by atoms with Gasteiger partial charge in [-0.1, -0.05) is 22.0 Å². The zero-order valence-electron chi connectivity index (χ0n) is 10.6. The third kappa shape index (κ3) is 3.45. The van der Waals surface area contributed by atoms with Crippen molar-refractivity contribution in [3.63, 3.8) is 0 Å². The fourth-order valence-electron chi connectivity index (χ4n) is 1.68. The smallest absolute Gasteiger partial charge is 0.207 e. The van der Waals surface area contributed by atoms with Crippen LogP contribution in [0.5, 0.6) is 0 Å². The van der Waals surface area contributed by atoms with Crippen molar-refractivity contribution in [2.24, 2.45) is 0 Å². The normalized spacial score (nSPS) is 13.4. The Morgan fingerprint density at radius 2 is 2.05 bits per heavy atom. The van der Waals surface area contributed by atoms with Crippen molar-refractivity contribution in [1.29, 1.82) is 0 Å². The minimum atomic E-state index is -3.49. The van der Waals surface area contributed by atoms with Gasteiger partial charge in [-0.2, -0.15) is 0 Å². The monoisotopic (exact) mass is 359 g/mol. The highest BCUT2D eigenvalue weighted by Gasteiger charge is 2.19. The van der Waals surface area contributed by atoms with E-state index in [2.05, 4.69) is 20.7 Å². The highest BCUT2D eigenvalue weighted by atomic mass is 79.9. The second kappa shape index (κ2) is 5.75. The van der Waals surface area contributed by atoms with Crippen LogP contribution in [0.1, 0.15) is 23.4 Å². The molecule has 0 aliphatic rings. The lowest BCUT2D eigenvalue weighted by molar-refractivity contribution is 0.568. The maximum atomic E-state index is 12.3. The number of thiophene rings is 1. The summed E-state index contributed by atoms with van der Waals surface area (Å²) in [5.41, 5.74) is 0.895. The van der Waals surface area contributed by atoms with Gasteiger partial charge < -0.3 is 0 Å². The fraction of sp³-hybridized carbons (Fsp3) is 0.231. The highest BCUT2D eigenvalue weighted by Crippen LogP contribution is 2.23. The van der Waals surface area contributed by atoms with Gasteiger partial charge in [0.05, 0.1) is 10.9 Å². The van der Waals surface area contributed by atoms with Crippen LogP contribution in [-0.4, -0.2) is 8.42 Å². The van der Waals surface area contributed by atoms with Gasteiger partial charge in [-0.3, -0.25) is 0 Å². The van der Waals surface area contributed by atoms with Gasteiger partial charge in [0.1, 0.15) is 0 Å². The van der Waals surface area contributed by atoms with Gasteiger partial charge in [0, 0.05) is 9.35 Å². The van der Waals surface area contributed by atoms with Crippen molar-refractivity contribution < 1.29 is 8.42 Å². The zero-order chi connectivity index (χ0) is 14.0. The van der Waals surface area contributed by atoms with Crippen molar-refractivity contribution >= 4 is 37.3 Å². The van der Waals surface area contributed by atoms with Gasteiger partial charge in [-0.15, -0.1) is 11.3 Å². The molecule has 0 spiro atoms. The zero-order valence-corrected chi connectivity index (χ0v) is 13.8. The Morgan fingerprint density at radius 3 is 2.63 bits per heavy atom. The topological polar surface area (TPSA) is 46.2 Å². The molecular weight excluding hydrogens is 346 g/mol.